The van der Waals surface area contributed by atoms with E-state index in [0.29, 0.717) is 11.7 Å². The summed E-state index contributed by atoms with van der Waals surface area (Å²) in [5.41, 5.74) is 2.63. The van der Waals surface area contributed by atoms with Crippen LogP contribution in [0.25, 0.3) is 11.5 Å². The van der Waals surface area contributed by atoms with Gasteiger partial charge in [0.2, 0.25) is 0 Å². The summed E-state index contributed by atoms with van der Waals surface area (Å²) in [7, 11) is 1.86. The van der Waals surface area contributed by atoms with Gasteiger partial charge in [-0.3, -0.25) is 4.68 Å². The predicted octanol–water partition coefficient (Wildman–Crippen LogP) is 1.92. The largest absolute Gasteiger partial charge is 0.275 e. The summed E-state index contributed by atoms with van der Waals surface area (Å²) in [5.74, 6) is 1.02. The second kappa shape index (κ2) is 3.98. The number of halogens is 1. The molecule has 0 aliphatic heterocycles. The number of rotatable bonds is 2. The first-order valence-corrected chi connectivity index (χ1v) is 5.12. The van der Waals surface area contributed by atoms with Crippen molar-refractivity contribution in [2.75, 3.05) is 0 Å². The molecule has 0 aliphatic rings. The normalized spacial score (nSPS) is 10.6. The highest BCUT2D eigenvalue weighted by molar-refractivity contribution is 6.17. The Labute approximate surface area is 92.9 Å². The van der Waals surface area contributed by atoms with E-state index in [1.807, 2.05) is 26.2 Å². The van der Waals surface area contributed by atoms with Crippen LogP contribution in [0.3, 0.4) is 0 Å². The fourth-order valence-corrected chi connectivity index (χ4v) is 1.54. The molecule has 0 unspecified atom stereocenters. The Morgan fingerprint density at radius 3 is 2.87 bits per heavy atom. The first-order valence-electron chi connectivity index (χ1n) is 4.59. The zero-order valence-corrected chi connectivity index (χ0v) is 9.36. The summed E-state index contributed by atoms with van der Waals surface area (Å²) in [4.78, 5) is 8.58. The molecule has 78 valence electrons. The van der Waals surface area contributed by atoms with E-state index >= 15 is 0 Å². The minimum Gasteiger partial charge on any atom is -0.275 e. The molecule has 0 radical (unpaired) electrons. The Morgan fingerprint density at radius 2 is 2.27 bits per heavy atom. The molecule has 0 fully saturated rings. The molecular weight excluding hydrogens is 212 g/mol. The van der Waals surface area contributed by atoms with Gasteiger partial charge in [0.1, 0.15) is 5.69 Å². The van der Waals surface area contributed by atoms with Crippen molar-refractivity contribution in [3.63, 3.8) is 0 Å². The van der Waals surface area contributed by atoms with Crippen LogP contribution in [0.5, 0.6) is 0 Å². The molecule has 0 aliphatic carbocycles. The SMILES string of the molecule is Cc1cnc(-c2ccn(C)n2)nc1CCl. The highest BCUT2D eigenvalue weighted by Crippen LogP contribution is 2.14. The minimum absolute atomic E-state index is 0.397. The Bertz CT molecular complexity index is 478. The molecule has 4 nitrogen and oxygen atoms in total. The predicted molar refractivity (Wildman–Crippen MR) is 58.5 cm³/mol. The maximum atomic E-state index is 5.78. The van der Waals surface area contributed by atoms with Gasteiger partial charge in [-0.25, -0.2) is 9.97 Å². The van der Waals surface area contributed by atoms with Crippen molar-refractivity contribution < 1.29 is 0 Å². The maximum absolute atomic E-state index is 5.78. The number of nitrogens with zero attached hydrogens (tertiary/aromatic N) is 4. The molecule has 0 atom stereocenters. The molecule has 0 aromatic carbocycles. The van der Waals surface area contributed by atoms with Crippen molar-refractivity contribution in [3.05, 3.63) is 29.7 Å². The van der Waals surface area contributed by atoms with E-state index in [9.17, 15) is 0 Å². The third-order valence-electron chi connectivity index (χ3n) is 2.15. The number of alkyl halides is 1. The zero-order chi connectivity index (χ0) is 10.8. The van der Waals surface area contributed by atoms with E-state index in [1.54, 1.807) is 10.9 Å². The summed E-state index contributed by atoms with van der Waals surface area (Å²) >= 11 is 5.78. The zero-order valence-electron chi connectivity index (χ0n) is 8.61. The molecular formula is C10H11ClN4. The molecule has 2 aromatic heterocycles. The summed E-state index contributed by atoms with van der Waals surface area (Å²) in [5, 5.41) is 4.23. The Kier molecular flexibility index (Phi) is 2.68. The maximum Gasteiger partial charge on any atom is 0.180 e. The molecule has 15 heavy (non-hydrogen) atoms. The van der Waals surface area contributed by atoms with Crippen LogP contribution in [0.4, 0.5) is 0 Å². The average molecular weight is 223 g/mol. The van der Waals surface area contributed by atoms with Crippen LogP contribution < -0.4 is 0 Å². The third kappa shape index (κ3) is 1.99. The second-order valence-electron chi connectivity index (χ2n) is 3.33. The molecule has 2 aromatic rings. The lowest BCUT2D eigenvalue weighted by atomic mass is 10.2. The number of aryl methyl sites for hydroxylation is 2. The topological polar surface area (TPSA) is 43.6 Å². The van der Waals surface area contributed by atoms with Crippen LogP contribution in [-0.4, -0.2) is 19.7 Å². The second-order valence-corrected chi connectivity index (χ2v) is 3.60. The highest BCUT2D eigenvalue weighted by atomic mass is 35.5. The number of hydrogen-bond donors (Lipinski definition) is 0. The molecule has 5 heteroatoms. The Morgan fingerprint density at radius 1 is 1.47 bits per heavy atom. The van der Waals surface area contributed by atoms with Crippen molar-refractivity contribution in [3.8, 4) is 11.5 Å². The lowest BCUT2D eigenvalue weighted by molar-refractivity contribution is 0.768. The molecule has 0 saturated heterocycles. The van der Waals surface area contributed by atoms with Gasteiger partial charge in [-0.15, -0.1) is 11.6 Å². The minimum atomic E-state index is 0.397. The smallest absolute Gasteiger partial charge is 0.180 e. The van der Waals surface area contributed by atoms with Gasteiger partial charge in [0.05, 0.1) is 11.6 Å². The molecule has 2 rings (SSSR count). The lowest BCUT2D eigenvalue weighted by Crippen LogP contribution is -1.97. The van der Waals surface area contributed by atoms with E-state index < -0.39 is 0 Å². The Balaban J connectivity index is 2.45. The van der Waals surface area contributed by atoms with Gasteiger partial charge in [0.15, 0.2) is 5.82 Å². The quantitative estimate of drug-likeness (QED) is 0.730. The van der Waals surface area contributed by atoms with Crippen LogP contribution in [0.2, 0.25) is 0 Å². The third-order valence-corrected chi connectivity index (χ3v) is 2.40. The van der Waals surface area contributed by atoms with E-state index in [2.05, 4.69) is 15.1 Å². The van der Waals surface area contributed by atoms with E-state index in [4.69, 9.17) is 11.6 Å². The lowest BCUT2D eigenvalue weighted by Gasteiger charge is -2.01. The number of aromatic nitrogens is 4. The summed E-state index contributed by atoms with van der Waals surface area (Å²) < 4.78 is 1.72. The van der Waals surface area contributed by atoms with E-state index in [1.165, 1.54) is 0 Å². The monoisotopic (exact) mass is 222 g/mol. The average Bonchev–Trinajstić information content (AvgIpc) is 2.66. The molecule has 2 heterocycles. The van der Waals surface area contributed by atoms with Gasteiger partial charge < -0.3 is 0 Å². The van der Waals surface area contributed by atoms with Crippen LogP contribution in [-0.2, 0) is 12.9 Å². The first-order chi connectivity index (χ1) is 7.20. The van der Waals surface area contributed by atoms with Gasteiger partial charge in [-0.05, 0) is 18.6 Å². The van der Waals surface area contributed by atoms with E-state index in [0.717, 1.165) is 17.0 Å². The van der Waals surface area contributed by atoms with Gasteiger partial charge >= 0.3 is 0 Å². The van der Waals surface area contributed by atoms with Gasteiger partial charge in [-0.1, -0.05) is 0 Å². The van der Waals surface area contributed by atoms with E-state index in [-0.39, 0.29) is 0 Å². The van der Waals surface area contributed by atoms with Crippen molar-refractivity contribution in [1.29, 1.82) is 0 Å². The number of hydrogen-bond acceptors (Lipinski definition) is 3. The standard InChI is InChI=1S/C10H11ClN4/c1-7-6-12-10(13-9(7)5-11)8-3-4-15(2)14-8/h3-4,6H,5H2,1-2H3. The van der Waals surface area contributed by atoms with Gasteiger partial charge in [-0.2, -0.15) is 5.10 Å². The molecule has 0 N–H and O–H groups in total. The molecule has 0 spiro atoms. The van der Waals surface area contributed by atoms with Crippen LogP contribution in [0.15, 0.2) is 18.5 Å². The highest BCUT2D eigenvalue weighted by Gasteiger charge is 2.07. The molecule has 0 bridgehead atoms. The first kappa shape index (κ1) is 10.1. The van der Waals surface area contributed by atoms with Crippen molar-refractivity contribution in [2.45, 2.75) is 12.8 Å². The van der Waals surface area contributed by atoms with Crippen molar-refractivity contribution in [1.82, 2.24) is 19.7 Å². The summed E-state index contributed by atoms with van der Waals surface area (Å²) in [6, 6.07) is 1.88. The molecule has 0 amide bonds. The summed E-state index contributed by atoms with van der Waals surface area (Å²) in [6.07, 6.45) is 3.63. The van der Waals surface area contributed by atoms with Gasteiger partial charge in [0.25, 0.3) is 0 Å². The van der Waals surface area contributed by atoms with Crippen molar-refractivity contribution in [2.24, 2.45) is 7.05 Å². The van der Waals surface area contributed by atoms with Crippen molar-refractivity contribution >= 4 is 11.6 Å². The van der Waals surface area contributed by atoms with Crippen LogP contribution in [0.1, 0.15) is 11.3 Å². The fourth-order valence-electron chi connectivity index (χ4n) is 1.27. The van der Waals surface area contributed by atoms with Crippen LogP contribution in [0, 0.1) is 6.92 Å². The Hall–Kier alpha value is -1.42. The summed E-state index contributed by atoms with van der Waals surface area (Å²) in [6.45, 7) is 1.94. The fraction of sp³-hybridized carbons (Fsp3) is 0.300. The van der Waals surface area contributed by atoms with Gasteiger partial charge in [0, 0.05) is 19.4 Å². The van der Waals surface area contributed by atoms with Crippen LogP contribution >= 0.6 is 11.6 Å². The molecule has 0 saturated carbocycles.